The lowest BCUT2D eigenvalue weighted by Crippen LogP contribution is -2.51. The number of hydrogen-bond donors (Lipinski definition) is 0. The van der Waals surface area contributed by atoms with E-state index in [1.807, 2.05) is 6.07 Å². The van der Waals surface area contributed by atoms with Gasteiger partial charge in [-0.15, -0.1) is 0 Å². The lowest BCUT2D eigenvalue weighted by molar-refractivity contribution is -0.926. The molecule has 1 aromatic carbocycles. The molecule has 0 fully saturated rings. The second kappa shape index (κ2) is 8.49. The number of hydrogen-bond acceptors (Lipinski definition) is 2. The van der Waals surface area contributed by atoms with Gasteiger partial charge in [-0.25, -0.2) is 0 Å². The topological polar surface area (TPSA) is 26.3 Å². The molecule has 0 N–H and O–H groups in total. The van der Waals surface area contributed by atoms with Crippen LogP contribution >= 0.6 is 0 Å². The highest BCUT2D eigenvalue weighted by atomic mass is 16.5. The van der Waals surface area contributed by atoms with E-state index in [4.69, 9.17) is 4.74 Å². The third kappa shape index (κ3) is 4.35. The average molecular weight is 318 g/mol. The molecule has 3 nitrogen and oxygen atoms in total. The summed E-state index contributed by atoms with van der Waals surface area (Å²) in [5, 5.41) is 0. The first-order chi connectivity index (χ1) is 11.2. The van der Waals surface area contributed by atoms with E-state index >= 15 is 0 Å². The summed E-state index contributed by atoms with van der Waals surface area (Å²) >= 11 is 0. The molecule has 0 radical (unpaired) electrons. The zero-order valence-corrected chi connectivity index (χ0v) is 15.0. The number of benzene rings is 1. The molecule has 1 aromatic rings. The van der Waals surface area contributed by atoms with E-state index < -0.39 is 0 Å². The normalized spacial score (nSPS) is 17.1. The number of nitrogens with zero attached hydrogens (tertiary/aromatic N) is 1. The summed E-state index contributed by atoms with van der Waals surface area (Å²) in [6.07, 6.45) is 4.25. The van der Waals surface area contributed by atoms with Crippen molar-refractivity contribution in [2.45, 2.75) is 52.4 Å². The zero-order chi connectivity index (χ0) is 16.7. The van der Waals surface area contributed by atoms with Gasteiger partial charge < -0.3 is 9.22 Å². The first-order valence-corrected chi connectivity index (χ1v) is 9.25. The van der Waals surface area contributed by atoms with E-state index in [2.05, 4.69) is 39.0 Å². The molecule has 1 aliphatic rings. The smallest absolute Gasteiger partial charge is 0.313 e. The number of esters is 1. The molecule has 23 heavy (non-hydrogen) atoms. The van der Waals surface area contributed by atoms with Gasteiger partial charge in [-0.3, -0.25) is 4.79 Å². The molecule has 0 saturated heterocycles. The van der Waals surface area contributed by atoms with E-state index in [-0.39, 0.29) is 11.9 Å². The molecule has 2 rings (SSSR count). The minimum atomic E-state index is -0.0490. The number of carbonyl (C=O) groups excluding carboxylic acids is 1. The first kappa shape index (κ1) is 18.0. The van der Waals surface area contributed by atoms with Crippen molar-refractivity contribution in [2.24, 2.45) is 0 Å². The Hall–Kier alpha value is -1.35. The Balaban J connectivity index is 1.89. The predicted octanol–water partition coefficient (Wildman–Crippen LogP) is 3.92. The summed E-state index contributed by atoms with van der Waals surface area (Å²) in [5.41, 5.74) is 2.49. The largest absolute Gasteiger partial charge is 0.459 e. The number of rotatable bonds is 9. The van der Waals surface area contributed by atoms with Crippen LogP contribution in [-0.4, -0.2) is 43.2 Å². The van der Waals surface area contributed by atoms with Gasteiger partial charge in [-0.2, -0.15) is 0 Å². The molecular weight excluding hydrogens is 286 g/mol. The van der Waals surface area contributed by atoms with Gasteiger partial charge in [0.25, 0.3) is 0 Å². The van der Waals surface area contributed by atoms with Crippen LogP contribution in [0.15, 0.2) is 24.3 Å². The Bertz CT molecular complexity index is 506. The molecule has 3 heteroatoms. The Labute approximate surface area is 141 Å². The lowest BCUT2D eigenvalue weighted by Gasteiger charge is -2.37. The van der Waals surface area contributed by atoms with Gasteiger partial charge in [0.05, 0.1) is 25.6 Å². The quantitative estimate of drug-likeness (QED) is 0.509. The standard InChI is InChI=1S/C20H32NO2/c1-4-13-21(6-3,14-5-2)15-16-23-20(22)19-12-11-17-9-7-8-10-18(17)19/h7-10,19H,4-6,11-16H2,1-3H3/q+1. The van der Waals surface area contributed by atoms with Gasteiger partial charge in [-0.05, 0) is 43.7 Å². The highest BCUT2D eigenvalue weighted by molar-refractivity contribution is 5.79. The summed E-state index contributed by atoms with van der Waals surface area (Å²) in [5.74, 6) is -0.0794. The molecule has 1 aliphatic carbocycles. The summed E-state index contributed by atoms with van der Waals surface area (Å²) < 4.78 is 6.75. The maximum atomic E-state index is 12.5. The molecular formula is C20H32NO2+. The Kier molecular flexibility index (Phi) is 6.64. The molecule has 0 saturated carbocycles. The van der Waals surface area contributed by atoms with E-state index in [9.17, 15) is 4.79 Å². The van der Waals surface area contributed by atoms with Crippen molar-refractivity contribution in [1.29, 1.82) is 0 Å². The molecule has 0 aromatic heterocycles. The van der Waals surface area contributed by atoms with Crippen molar-refractivity contribution < 1.29 is 14.0 Å². The molecule has 0 heterocycles. The second-order valence-electron chi connectivity index (χ2n) is 6.79. The molecule has 0 bridgehead atoms. The van der Waals surface area contributed by atoms with Crippen LogP contribution in [0.25, 0.3) is 0 Å². The number of fused-ring (bicyclic) bond motifs is 1. The van der Waals surface area contributed by atoms with Gasteiger partial charge in [0.2, 0.25) is 0 Å². The maximum absolute atomic E-state index is 12.5. The maximum Gasteiger partial charge on any atom is 0.313 e. The SMILES string of the molecule is CCC[N+](CC)(CCC)CCOC(=O)C1CCc2ccccc21. The highest BCUT2D eigenvalue weighted by Crippen LogP contribution is 2.33. The first-order valence-electron chi connectivity index (χ1n) is 9.25. The van der Waals surface area contributed by atoms with Crippen molar-refractivity contribution in [3.05, 3.63) is 35.4 Å². The fraction of sp³-hybridized carbons (Fsp3) is 0.650. The zero-order valence-electron chi connectivity index (χ0n) is 15.0. The van der Waals surface area contributed by atoms with Crippen molar-refractivity contribution in [2.75, 3.05) is 32.8 Å². The molecule has 0 amide bonds. The van der Waals surface area contributed by atoms with Gasteiger partial charge >= 0.3 is 5.97 Å². The Morgan fingerprint density at radius 2 is 1.83 bits per heavy atom. The van der Waals surface area contributed by atoms with Crippen molar-refractivity contribution in [1.82, 2.24) is 0 Å². The minimum absolute atomic E-state index is 0.0304. The third-order valence-corrected chi connectivity index (χ3v) is 5.29. The van der Waals surface area contributed by atoms with Crippen LogP contribution in [0, 0.1) is 0 Å². The van der Waals surface area contributed by atoms with E-state index in [0.717, 1.165) is 30.4 Å². The Morgan fingerprint density at radius 1 is 1.13 bits per heavy atom. The van der Waals surface area contributed by atoms with Gasteiger partial charge in [-0.1, -0.05) is 38.1 Å². The number of quaternary nitrogens is 1. The number of likely N-dealkylation sites (N-methyl/N-ethyl adjacent to an activating group) is 1. The fourth-order valence-corrected chi connectivity index (χ4v) is 4.00. The summed E-state index contributed by atoms with van der Waals surface area (Å²) in [6, 6.07) is 8.28. The number of ether oxygens (including phenoxy) is 1. The summed E-state index contributed by atoms with van der Waals surface area (Å²) in [7, 11) is 0. The van der Waals surface area contributed by atoms with E-state index in [0.29, 0.717) is 6.61 Å². The molecule has 0 spiro atoms. The minimum Gasteiger partial charge on any atom is -0.459 e. The second-order valence-corrected chi connectivity index (χ2v) is 6.79. The van der Waals surface area contributed by atoms with Gasteiger partial charge in [0.15, 0.2) is 0 Å². The molecule has 0 aliphatic heterocycles. The highest BCUT2D eigenvalue weighted by Gasteiger charge is 2.30. The van der Waals surface area contributed by atoms with Crippen LogP contribution < -0.4 is 0 Å². The Morgan fingerprint density at radius 3 is 2.48 bits per heavy atom. The molecule has 128 valence electrons. The van der Waals surface area contributed by atoms with Crippen molar-refractivity contribution in [3.8, 4) is 0 Å². The molecule has 1 atom stereocenters. The van der Waals surface area contributed by atoms with E-state index in [1.54, 1.807) is 0 Å². The van der Waals surface area contributed by atoms with Crippen LogP contribution in [0.1, 0.15) is 57.1 Å². The van der Waals surface area contributed by atoms with Gasteiger partial charge in [0.1, 0.15) is 13.2 Å². The van der Waals surface area contributed by atoms with Gasteiger partial charge in [0, 0.05) is 0 Å². The number of aryl methyl sites for hydroxylation is 1. The lowest BCUT2D eigenvalue weighted by atomic mass is 10.0. The predicted molar refractivity (Wildman–Crippen MR) is 94.4 cm³/mol. The van der Waals surface area contributed by atoms with Crippen molar-refractivity contribution in [3.63, 3.8) is 0 Å². The number of carbonyl (C=O) groups is 1. The summed E-state index contributed by atoms with van der Waals surface area (Å²) in [4.78, 5) is 12.5. The van der Waals surface area contributed by atoms with Crippen LogP contribution in [0.2, 0.25) is 0 Å². The van der Waals surface area contributed by atoms with E-state index in [1.165, 1.54) is 37.1 Å². The fourth-order valence-electron chi connectivity index (χ4n) is 4.00. The van der Waals surface area contributed by atoms with Crippen LogP contribution in [-0.2, 0) is 16.0 Å². The summed E-state index contributed by atoms with van der Waals surface area (Å²) in [6.45, 7) is 11.7. The van der Waals surface area contributed by atoms with Crippen molar-refractivity contribution >= 4 is 5.97 Å². The average Bonchev–Trinajstić information content (AvgIpc) is 2.99. The van der Waals surface area contributed by atoms with Crippen LogP contribution in [0.4, 0.5) is 0 Å². The monoisotopic (exact) mass is 318 g/mol. The third-order valence-electron chi connectivity index (χ3n) is 5.29. The van der Waals surface area contributed by atoms with Crippen LogP contribution in [0.3, 0.4) is 0 Å². The van der Waals surface area contributed by atoms with Crippen LogP contribution in [0.5, 0.6) is 0 Å². The molecule has 1 unspecified atom stereocenters.